The van der Waals surface area contributed by atoms with Gasteiger partial charge in [0, 0.05) is 19.9 Å². The second kappa shape index (κ2) is 5.34. The molecule has 0 atom stereocenters. The number of esters is 2. The van der Waals surface area contributed by atoms with Crippen LogP contribution in [0.25, 0.3) is 0 Å². The Hall–Kier alpha value is -2.04. The van der Waals surface area contributed by atoms with Crippen LogP contribution in [0.1, 0.15) is 19.4 Å². The van der Waals surface area contributed by atoms with E-state index in [2.05, 4.69) is 0 Å². The van der Waals surface area contributed by atoms with Crippen LogP contribution in [0.4, 0.5) is 0 Å². The average molecular weight is 238 g/mol. The van der Waals surface area contributed by atoms with Gasteiger partial charge < -0.3 is 14.2 Å². The SMILES string of the molecule is COc1cc(C)c(OC(C)=O)cc1OC(C)=O. The summed E-state index contributed by atoms with van der Waals surface area (Å²) in [6, 6.07) is 3.09. The van der Waals surface area contributed by atoms with Gasteiger partial charge in [0.05, 0.1) is 7.11 Å². The minimum atomic E-state index is -0.471. The number of ether oxygens (including phenoxy) is 3. The number of benzene rings is 1. The van der Waals surface area contributed by atoms with Gasteiger partial charge in [-0.3, -0.25) is 9.59 Å². The van der Waals surface area contributed by atoms with Crippen molar-refractivity contribution in [3.63, 3.8) is 0 Å². The maximum atomic E-state index is 10.9. The molecule has 5 nitrogen and oxygen atoms in total. The lowest BCUT2D eigenvalue weighted by atomic mass is 10.2. The Morgan fingerprint density at radius 3 is 1.94 bits per heavy atom. The van der Waals surface area contributed by atoms with Gasteiger partial charge in [0.15, 0.2) is 11.5 Å². The molecule has 0 spiro atoms. The van der Waals surface area contributed by atoms with Crippen LogP contribution in [0.5, 0.6) is 17.2 Å². The van der Waals surface area contributed by atoms with Gasteiger partial charge in [-0.05, 0) is 18.6 Å². The van der Waals surface area contributed by atoms with Crippen LogP contribution in [-0.4, -0.2) is 19.0 Å². The molecule has 0 saturated heterocycles. The summed E-state index contributed by atoms with van der Waals surface area (Å²) >= 11 is 0. The minimum Gasteiger partial charge on any atom is -0.493 e. The van der Waals surface area contributed by atoms with E-state index in [0.29, 0.717) is 17.1 Å². The molecule has 0 aromatic heterocycles. The zero-order chi connectivity index (χ0) is 13.0. The third-order valence-electron chi connectivity index (χ3n) is 1.97. The summed E-state index contributed by atoms with van der Waals surface area (Å²) in [4.78, 5) is 21.8. The van der Waals surface area contributed by atoms with E-state index in [1.165, 1.54) is 27.0 Å². The summed E-state index contributed by atoms with van der Waals surface area (Å²) in [5.74, 6) is 0.0676. The van der Waals surface area contributed by atoms with Gasteiger partial charge in [-0.1, -0.05) is 0 Å². The van der Waals surface area contributed by atoms with E-state index < -0.39 is 11.9 Å². The van der Waals surface area contributed by atoms with Crippen molar-refractivity contribution in [1.29, 1.82) is 0 Å². The van der Waals surface area contributed by atoms with Crippen molar-refractivity contribution in [1.82, 2.24) is 0 Å². The van der Waals surface area contributed by atoms with Crippen molar-refractivity contribution in [3.8, 4) is 17.2 Å². The predicted octanol–water partition coefficient (Wildman–Crippen LogP) is 1.85. The summed E-state index contributed by atoms with van der Waals surface area (Å²) in [5.41, 5.74) is 0.716. The van der Waals surface area contributed by atoms with Gasteiger partial charge in [0.25, 0.3) is 0 Å². The van der Waals surface area contributed by atoms with Gasteiger partial charge in [-0.2, -0.15) is 0 Å². The Bertz CT molecular complexity index is 450. The van der Waals surface area contributed by atoms with Crippen LogP contribution < -0.4 is 14.2 Å². The highest BCUT2D eigenvalue weighted by Crippen LogP contribution is 2.34. The second-order valence-electron chi connectivity index (χ2n) is 3.46. The number of aryl methyl sites for hydroxylation is 1. The number of hydrogen-bond donors (Lipinski definition) is 0. The Morgan fingerprint density at radius 1 is 0.941 bits per heavy atom. The van der Waals surface area contributed by atoms with Gasteiger partial charge in [-0.15, -0.1) is 0 Å². The first-order valence-corrected chi connectivity index (χ1v) is 4.99. The van der Waals surface area contributed by atoms with Crippen molar-refractivity contribution in [2.75, 3.05) is 7.11 Å². The molecule has 0 N–H and O–H groups in total. The van der Waals surface area contributed by atoms with Crippen molar-refractivity contribution >= 4 is 11.9 Å². The molecule has 0 bridgehead atoms. The standard InChI is InChI=1S/C12H14O5/c1-7-5-11(15-4)12(17-9(3)14)6-10(7)16-8(2)13/h5-6H,1-4H3. The Labute approximate surface area is 99.3 Å². The van der Waals surface area contributed by atoms with E-state index in [9.17, 15) is 9.59 Å². The van der Waals surface area contributed by atoms with Crippen LogP contribution in [0.3, 0.4) is 0 Å². The number of methoxy groups -OCH3 is 1. The molecule has 5 heteroatoms. The summed E-state index contributed by atoms with van der Waals surface area (Å²) in [5, 5.41) is 0. The first-order chi connectivity index (χ1) is 7.93. The molecule has 0 saturated carbocycles. The molecule has 0 aliphatic rings. The Morgan fingerprint density at radius 2 is 1.47 bits per heavy atom. The van der Waals surface area contributed by atoms with Crippen molar-refractivity contribution < 1.29 is 23.8 Å². The van der Waals surface area contributed by atoms with E-state index in [-0.39, 0.29) is 5.75 Å². The molecule has 0 unspecified atom stereocenters. The van der Waals surface area contributed by atoms with Crippen LogP contribution >= 0.6 is 0 Å². The number of carbonyl (C=O) groups is 2. The molecule has 92 valence electrons. The van der Waals surface area contributed by atoms with Gasteiger partial charge in [0.1, 0.15) is 5.75 Å². The molecule has 1 aromatic carbocycles. The fourth-order valence-electron chi connectivity index (χ4n) is 1.30. The molecule has 0 aliphatic heterocycles. The van der Waals surface area contributed by atoms with Crippen LogP contribution in [0.15, 0.2) is 12.1 Å². The highest BCUT2D eigenvalue weighted by atomic mass is 16.6. The summed E-state index contributed by atoms with van der Waals surface area (Å²) in [6.07, 6.45) is 0. The largest absolute Gasteiger partial charge is 0.493 e. The zero-order valence-electron chi connectivity index (χ0n) is 10.2. The minimum absolute atomic E-state index is 0.224. The fraction of sp³-hybridized carbons (Fsp3) is 0.333. The second-order valence-corrected chi connectivity index (χ2v) is 3.46. The maximum absolute atomic E-state index is 10.9. The molecule has 0 fully saturated rings. The van der Waals surface area contributed by atoms with E-state index in [1.807, 2.05) is 0 Å². The number of carbonyl (C=O) groups excluding carboxylic acids is 2. The normalized spacial score (nSPS) is 9.65. The van der Waals surface area contributed by atoms with Crippen molar-refractivity contribution in [2.45, 2.75) is 20.8 Å². The van der Waals surface area contributed by atoms with E-state index in [0.717, 1.165) is 0 Å². The van der Waals surface area contributed by atoms with Gasteiger partial charge >= 0.3 is 11.9 Å². The van der Waals surface area contributed by atoms with Crippen LogP contribution in [0, 0.1) is 6.92 Å². The fourth-order valence-corrected chi connectivity index (χ4v) is 1.30. The molecule has 1 aromatic rings. The van der Waals surface area contributed by atoms with E-state index in [1.54, 1.807) is 13.0 Å². The molecule has 0 heterocycles. The highest BCUT2D eigenvalue weighted by molar-refractivity contribution is 5.73. The number of rotatable bonds is 3. The summed E-state index contributed by atoms with van der Waals surface area (Å²) in [6.45, 7) is 4.35. The van der Waals surface area contributed by atoms with Gasteiger partial charge in [-0.25, -0.2) is 0 Å². The topological polar surface area (TPSA) is 61.8 Å². The van der Waals surface area contributed by atoms with Crippen LogP contribution in [0.2, 0.25) is 0 Å². The maximum Gasteiger partial charge on any atom is 0.308 e. The number of hydrogen-bond acceptors (Lipinski definition) is 5. The molecule has 0 aliphatic carbocycles. The summed E-state index contributed by atoms with van der Waals surface area (Å²) < 4.78 is 15.0. The molecule has 17 heavy (non-hydrogen) atoms. The lowest BCUT2D eigenvalue weighted by Crippen LogP contribution is -2.06. The van der Waals surface area contributed by atoms with Crippen molar-refractivity contribution in [2.24, 2.45) is 0 Å². The molecular weight excluding hydrogens is 224 g/mol. The molecular formula is C12H14O5. The smallest absolute Gasteiger partial charge is 0.308 e. The van der Waals surface area contributed by atoms with Crippen LogP contribution in [-0.2, 0) is 9.59 Å². The highest BCUT2D eigenvalue weighted by Gasteiger charge is 2.13. The first-order valence-electron chi connectivity index (χ1n) is 4.99. The summed E-state index contributed by atoms with van der Waals surface area (Å²) in [7, 11) is 1.47. The average Bonchev–Trinajstić information content (AvgIpc) is 2.21. The van der Waals surface area contributed by atoms with Gasteiger partial charge in [0.2, 0.25) is 0 Å². The third-order valence-corrected chi connectivity index (χ3v) is 1.97. The monoisotopic (exact) mass is 238 g/mol. The Kier molecular flexibility index (Phi) is 4.09. The molecule has 0 amide bonds. The Balaban J connectivity index is 3.16. The molecule has 1 rings (SSSR count). The third kappa shape index (κ3) is 3.48. The lowest BCUT2D eigenvalue weighted by Gasteiger charge is -2.12. The van der Waals surface area contributed by atoms with E-state index >= 15 is 0 Å². The predicted molar refractivity (Wildman–Crippen MR) is 60.3 cm³/mol. The van der Waals surface area contributed by atoms with Crippen molar-refractivity contribution in [3.05, 3.63) is 17.7 Å². The first kappa shape index (κ1) is 13.0. The zero-order valence-corrected chi connectivity index (χ0v) is 10.2. The lowest BCUT2D eigenvalue weighted by molar-refractivity contribution is -0.132. The quantitative estimate of drug-likeness (QED) is 0.594. The van der Waals surface area contributed by atoms with E-state index in [4.69, 9.17) is 14.2 Å². The molecule has 0 radical (unpaired) electrons.